The second-order valence-corrected chi connectivity index (χ2v) is 8.39. The average molecular weight is 427 g/mol. The molecule has 112 valence electrons. The van der Waals surface area contributed by atoms with Gasteiger partial charge in [0.05, 0.1) is 4.90 Å². The largest absolute Gasteiger partial charge is 0.381 e. The van der Waals surface area contributed by atoms with Crippen molar-refractivity contribution < 1.29 is 13.2 Å². The molecule has 2 rings (SSSR count). The number of hydrogen-bond acceptors (Lipinski definition) is 3. The number of benzene rings is 1. The van der Waals surface area contributed by atoms with Crippen LogP contribution in [0.15, 0.2) is 26.0 Å². The molecule has 1 fully saturated rings. The summed E-state index contributed by atoms with van der Waals surface area (Å²) in [6, 6.07) is 3.42. The summed E-state index contributed by atoms with van der Waals surface area (Å²) in [6.45, 7) is 3.88. The Hall–Kier alpha value is 0.0500. The SMILES string of the molecule is Cc1cc(Br)c(S(=O)(=O)NCCC2CCOC2)cc1Br. The van der Waals surface area contributed by atoms with Crippen molar-refractivity contribution >= 4 is 41.9 Å². The van der Waals surface area contributed by atoms with Crippen molar-refractivity contribution in [2.45, 2.75) is 24.7 Å². The highest BCUT2D eigenvalue weighted by atomic mass is 79.9. The summed E-state index contributed by atoms with van der Waals surface area (Å²) < 4.78 is 33.9. The van der Waals surface area contributed by atoms with Crippen LogP contribution in [-0.4, -0.2) is 28.2 Å². The van der Waals surface area contributed by atoms with Gasteiger partial charge in [-0.3, -0.25) is 0 Å². The first-order valence-corrected chi connectivity index (χ1v) is 9.50. The van der Waals surface area contributed by atoms with Crippen molar-refractivity contribution in [3.8, 4) is 0 Å². The lowest BCUT2D eigenvalue weighted by atomic mass is 10.1. The average Bonchev–Trinajstić information content (AvgIpc) is 2.86. The number of ether oxygens (including phenoxy) is 1. The lowest BCUT2D eigenvalue weighted by Crippen LogP contribution is -2.26. The summed E-state index contributed by atoms with van der Waals surface area (Å²) >= 11 is 6.68. The quantitative estimate of drug-likeness (QED) is 0.786. The van der Waals surface area contributed by atoms with Crippen LogP contribution in [0.3, 0.4) is 0 Å². The van der Waals surface area contributed by atoms with Gasteiger partial charge in [-0.25, -0.2) is 13.1 Å². The van der Waals surface area contributed by atoms with Crippen LogP contribution >= 0.6 is 31.9 Å². The third-order valence-electron chi connectivity index (χ3n) is 3.37. The van der Waals surface area contributed by atoms with E-state index in [-0.39, 0.29) is 4.90 Å². The van der Waals surface area contributed by atoms with Gasteiger partial charge >= 0.3 is 0 Å². The molecule has 1 aromatic carbocycles. The maximum atomic E-state index is 12.3. The van der Waals surface area contributed by atoms with E-state index in [9.17, 15) is 8.42 Å². The van der Waals surface area contributed by atoms with Gasteiger partial charge in [-0.05, 0) is 59.3 Å². The first-order valence-electron chi connectivity index (χ1n) is 6.43. The minimum absolute atomic E-state index is 0.262. The Kier molecular flexibility index (Phi) is 5.64. The number of aryl methyl sites for hydroxylation is 1. The van der Waals surface area contributed by atoms with Crippen LogP contribution in [0.5, 0.6) is 0 Å². The zero-order chi connectivity index (χ0) is 14.8. The van der Waals surface area contributed by atoms with Crippen molar-refractivity contribution in [3.63, 3.8) is 0 Å². The molecule has 1 atom stereocenters. The summed E-state index contributed by atoms with van der Waals surface area (Å²) in [5.74, 6) is 0.464. The van der Waals surface area contributed by atoms with E-state index in [1.54, 1.807) is 12.1 Å². The summed E-state index contributed by atoms with van der Waals surface area (Å²) in [7, 11) is -3.49. The minimum Gasteiger partial charge on any atom is -0.381 e. The molecule has 0 amide bonds. The van der Waals surface area contributed by atoms with E-state index in [1.807, 2.05) is 6.92 Å². The smallest absolute Gasteiger partial charge is 0.241 e. The molecule has 0 saturated carbocycles. The second kappa shape index (κ2) is 6.87. The fraction of sp³-hybridized carbons (Fsp3) is 0.538. The third-order valence-corrected chi connectivity index (χ3v) is 6.65. The highest BCUT2D eigenvalue weighted by Crippen LogP contribution is 2.28. The van der Waals surface area contributed by atoms with Crippen molar-refractivity contribution in [2.75, 3.05) is 19.8 Å². The summed E-state index contributed by atoms with van der Waals surface area (Å²) in [6.07, 6.45) is 1.82. The third kappa shape index (κ3) is 4.04. The van der Waals surface area contributed by atoms with Gasteiger partial charge in [0.2, 0.25) is 10.0 Å². The molecule has 1 heterocycles. The first-order chi connectivity index (χ1) is 9.40. The topological polar surface area (TPSA) is 55.4 Å². The number of sulfonamides is 1. The molecule has 1 aromatic rings. The molecule has 0 aliphatic carbocycles. The van der Waals surface area contributed by atoms with E-state index in [0.717, 1.165) is 36.1 Å². The molecule has 20 heavy (non-hydrogen) atoms. The van der Waals surface area contributed by atoms with Crippen LogP contribution in [0.1, 0.15) is 18.4 Å². The van der Waals surface area contributed by atoms with E-state index < -0.39 is 10.0 Å². The van der Waals surface area contributed by atoms with Crippen LogP contribution < -0.4 is 4.72 Å². The molecule has 1 aliphatic heterocycles. The van der Waals surface area contributed by atoms with Crippen LogP contribution in [0.4, 0.5) is 0 Å². The van der Waals surface area contributed by atoms with E-state index in [4.69, 9.17) is 4.74 Å². The summed E-state index contributed by atoms with van der Waals surface area (Å²) in [5.41, 5.74) is 0.985. The molecular formula is C13H17Br2NO3S. The van der Waals surface area contributed by atoms with Gasteiger partial charge in [0.15, 0.2) is 0 Å². The second-order valence-electron chi connectivity index (χ2n) is 4.95. The van der Waals surface area contributed by atoms with Crippen LogP contribution in [0.25, 0.3) is 0 Å². The van der Waals surface area contributed by atoms with Crippen molar-refractivity contribution in [3.05, 3.63) is 26.6 Å². The number of hydrogen-bond donors (Lipinski definition) is 1. The van der Waals surface area contributed by atoms with Crippen LogP contribution in [-0.2, 0) is 14.8 Å². The molecule has 4 nitrogen and oxygen atoms in total. The maximum Gasteiger partial charge on any atom is 0.241 e. The van der Waals surface area contributed by atoms with Crippen LogP contribution in [0.2, 0.25) is 0 Å². The standard InChI is InChI=1S/C13H17Br2NO3S/c1-9-6-12(15)13(7-11(9)14)20(17,18)16-4-2-10-3-5-19-8-10/h6-7,10,16H,2-5,8H2,1H3. The van der Waals surface area contributed by atoms with Crippen molar-refractivity contribution in [1.29, 1.82) is 0 Å². The van der Waals surface area contributed by atoms with Crippen molar-refractivity contribution in [2.24, 2.45) is 5.92 Å². The Bertz CT molecular complexity index is 584. The molecule has 7 heteroatoms. The van der Waals surface area contributed by atoms with E-state index in [2.05, 4.69) is 36.6 Å². The fourth-order valence-corrected chi connectivity index (χ4v) is 4.84. The van der Waals surface area contributed by atoms with Gasteiger partial charge in [-0.15, -0.1) is 0 Å². The Balaban J connectivity index is 2.04. The molecule has 0 radical (unpaired) electrons. The predicted molar refractivity (Wildman–Crippen MR) is 85.3 cm³/mol. The van der Waals surface area contributed by atoms with E-state index >= 15 is 0 Å². The predicted octanol–water partition coefficient (Wildman–Crippen LogP) is 3.22. The molecule has 1 unspecified atom stereocenters. The van der Waals surface area contributed by atoms with Gasteiger partial charge in [0, 0.05) is 28.7 Å². The molecule has 1 saturated heterocycles. The van der Waals surface area contributed by atoms with E-state index in [1.165, 1.54) is 0 Å². The van der Waals surface area contributed by atoms with E-state index in [0.29, 0.717) is 16.9 Å². The zero-order valence-corrected chi connectivity index (χ0v) is 15.1. The van der Waals surface area contributed by atoms with Gasteiger partial charge in [-0.1, -0.05) is 15.9 Å². The number of nitrogens with one attached hydrogen (secondary N) is 1. The monoisotopic (exact) mass is 425 g/mol. The summed E-state index contributed by atoms with van der Waals surface area (Å²) in [4.78, 5) is 0.262. The van der Waals surface area contributed by atoms with Gasteiger partial charge < -0.3 is 4.74 Å². The lowest BCUT2D eigenvalue weighted by molar-refractivity contribution is 0.184. The molecule has 0 aromatic heterocycles. The van der Waals surface area contributed by atoms with Crippen LogP contribution in [0, 0.1) is 12.8 Å². The maximum absolute atomic E-state index is 12.3. The molecule has 1 aliphatic rings. The molecule has 1 N–H and O–H groups in total. The summed E-state index contributed by atoms with van der Waals surface area (Å²) in [5, 5.41) is 0. The molecule has 0 bridgehead atoms. The van der Waals surface area contributed by atoms with Gasteiger partial charge in [-0.2, -0.15) is 0 Å². The van der Waals surface area contributed by atoms with Crippen molar-refractivity contribution in [1.82, 2.24) is 4.72 Å². The molecule has 0 spiro atoms. The normalized spacial score (nSPS) is 19.4. The Labute approximate surface area is 136 Å². The van der Waals surface area contributed by atoms with Gasteiger partial charge in [0.1, 0.15) is 0 Å². The Morgan fingerprint density at radius 1 is 1.35 bits per heavy atom. The zero-order valence-electron chi connectivity index (χ0n) is 11.2. The molecular weight excluding hydrogens is 410 g/mol. The Morgan fingerprint density at radius 3 is 2.75 bits per heavy atom. The lowest BCUT2D eigenvalue weighted by Gasteiger charge is -2.12. The fourth-order valence-electron chi connectivity index (χ4n) is 2.12. The first kappa shape index (κ1) is 16.4. The van der Waals surface area contributed by atoms with Gasteiger partial charge in [0.25, 0.3) is 0 Å². The Morgan fingerprint density at radius 2 is 2.10 bits per heavy atom. The minimum atomic E-state index is -3.49. The highest BCUT2D eigenvalue weighted by Gasteiger charge is 2.20. The number of halogens is 2. The number of rotatable bonds is 5. The highest BCUT2D eigenvalue weighted by molar-refractivity contribution is 9.11.